The first-order valence-electron chi connectivity index (χ1n) is 5.31. The third kappa shape index (κ3) is 2.01. The van der Waals surface area contributed by atoms with Crippen LogP contribution in [-0.2, 0) is 6.54 Å². The van der Waals surface area contributed by atoms with Crippen molar-refractivity contribution in [3.05, 3.63) is 42.0 Å². The van der Waals surface area contributed by atoms with Gasteiger partial charge in [-0.3, -0.25) is 0 Å². The highest BCUT2D eigenvalue weighted by molar-refractivity contribution is 5.91. The number of hydrogen-bond donors (Lipinski definition) is 2. The van der Waals surface area contributed by atoms with Gasteiger partial charge in [-0.05, 0) is 17.0 Å². The maximum atomic E-state index is 8.76. The third-order valence-corrected chi connectivity index (χ3v) is 2.54. The van der Waals surface area contributed by atoms with Crippen LogP contribution in [0.15, 0.2) is 36.4 Å². The Bertz CT molecular complexity index is 482. The molecule has 0 amide bonds. The number of hydrogen-bond acceptors (Lipinski definition) is 3. The standard InChI is InChI=1S/C13H15NO2/c14-9-10-5-6-13(16-8-7-15)12-4-2-1-3-11(10)12/h1-6,15H,7-9,14H2. The molecule has 0 radical (unpaired) electrons. The summed E-state index contributed by atoms with van der Waals surface area (Å²) in [5.74, 6) is 0.793. The summed E-state index contributed by atoms with van der Waals surface area (Å²) in [6.07, 6.45) is 0. The van der Waals surface area contributed by atoms with Crippen LogP contribution in [0.3, 0.4) is 0 Å². The van der Waals surface area contributed by atoms with Crippen LogP contribution in [0.4, 0.5) is 0 Å². The number of aliphatic hydroxyl groups excluding tert-OH is 1. The fourth-order valence-corrected chi connectivity index (χ4v) is 1.79. The summed E-state index contributed by atoms with van der Waals surface area (Å²) in [6.45, 7) is 0.847. The lowest BCUT2D eigenvalue weighted by molar-refractivity contribution is 0.203. The van der Waals surface area contributed by atoms with Gasteiger partial charge in [0.15, 0.2) is 0 Å². The van der Waals surface area contributed by atoms with E-state index in [-0.39, 0.29) is 6.61 Å². The second-order valence-electron chi connectivity index (χ2n) is 3.54. The molecule has 2 aromatic rings. The van der Waals surface area contributed by atoms with Gasteiger partial charge in [0, 0.05) is 11.9 Å². The van der Waals surface area contributed by atoms with Crippen molar-refractivity contribution in [3.8, 4) is 5.75 Å². The first kappa shape index (κ1) is 10.9. The van der Waals surface area contributed by atoms with Gasteiger partial charge < -0.3 is 15.6 Å². The highest BCUT2D eigenvalue weighted by Crippen LogP contribution is 2.28. The van der Waals surface area contributed by atoms with Gasteiger partial charge in [0.1, 0.15) is 12.4 Å². The Labute approximate surface area is 94.5 Å². The topological polar surface area (TPSA) is 55.5 Å². The van der Waals surface area contributed by atoms with E-state index in [4.69, 9.17) is 15.6 Å². The summed E-state index contributed by atoms with van der Waals surface area (Å²) in [5, 5.41) is 10.9. The van der Waals surface area contributed by atoms with Crippen molar-refractivity contribution in [1.82, 2.24) is 0 Å². The van der Waals surface area contributed by atoms with E-state index in [9.17, 15) is 0 Å². The number of fused-ring (bicyclic) bond motifs is 1. The lowest BCUT2D eigenvalue weighted by atomic mass is 10.0. The monoisotopic (exact) mass is 217 g/mol. The lowest BCUT2D eigenvalue weighted by Gasteiger charge is -2.10. The minimum Gasteiger partial charge on any atom is -0.491 e. The van der Waals surface area contributed by atoms with E-state index < -0.39 is 0 Å². The normalized spacial score (nSPS) is 10.6. The van der Waals surface area contributed by atoms with Crippen molar-refractivity contribution in [1.29, 1.82) is 0 Å². The summed E-state index contributed by atoms with van der Waals surface area (Å²) >= 11 is 0. The SMILES string of the molecule is NCc1ccc(OCCO)c2ccccc12. The molecule has 0 saturated heterocycles. The van der Waals surface area contributed by atoms with Crippen LogP contribution in [0.25, 0.3) is 10.8 Å². The molecule has 3 nitrogen and oxygen atoms in total. The number of nitrogens with two attached hydrogens (primary N) is 1. The molecule has 16 heavy (non-hydrogen) atoms. The molecule has 0 aliphatic heterocycles. The highest BCUT2D eigenvalue weighted by atomic mass is 16.5. The van der Waals surface area contributed by atoms with Gasteiger partial charge in [0.25, 0.3) is 0 Å². The summed E-state index contributed by atoms with van der Waals surface area (Å²) in [5.41, 5.74) is 6.79. The van der Waals surface area contributed by atoms with Crippen LogP contribution < -0.4 is 10.5 Å². The zero-order chi connectivity index (χ0) is 11.4. The molecule has 2 rings (SSSR count). The molecule has 0 fully saturated rings. The van der Waals surface area contributed by atoms with Crippen molar-refractivity contribution in [2.45, 2.75) is 6.54 Å². The average molecular weight is 217 g/mol. The van der Waals surface area contributed by atoms with Crippen LogP contribution in [0.1, 0.15) is 5.56 Å². The second kappa shape index (κ2) is 4.96. The van der Waals surface area contributed by atoms with Crippen molar-refractivity contribution in [2.75, 3.05) is 13.2 Å². The fourth-order valence-electron chi connectivity index (χ4n) is 1.79. The molecule has 0 bridgehead atoms. The van der Waals surface area contributed by atoms with Crippen molar-refractivity contribution in [3.63, 3.8) is 0 Å². The Morgan fingerprint density at radius 1 is 1.06 bits per heavy atom. The Morgan fingerprint density at radius 2 is 1.81 bits per heavy atom. The maximum absolute atomic E-state index is 8.76. The summed E-state index contributed by atoms with van der Waals surface area (Å²) in [4.78, 5) is 0. The van der Waals surface area contributed by atoms with E-state index in [1.165, 1.54) is 0 Å². The van der Waals surface area contributed by atoms with Gasteiger partial charge in [-0.25, -0.2) is 0 Å². The van der Waals surface area contributed by atoms with Gasteiger partial charge in [0.2, 0.25) is 0 Å². The molecule has 2 aromatic carbocycles. The van der Waals surface area contributed by atoms with Crippen molar-refractivity contribution >= 4 is 10.8 Å². The molecule has 0 aliphatic carbocycles. The molecule has 84 valence electrons. The smallest absolute Gasteiger partial charge is 0.127 e. The minimum atomic E-state index is 0.0208. The van der Waals surface area contributed by atoms with Gasteiger partial charge in [0.05, 0.1) is 6.61 Å². The van der Waals surface area contributed by atoms with Crippen LogP contribution in [-0.4, -0.2) is 18.3 Å². The number of aliphatic hydroxyl groups is 1. The molecule has 0 aromatic heterocycles. The summed E-state index contributed by atoms with van der Waals surface area (Å²) < 4.78 is 5.48. The number of benzene rings is 2. The Kier molecular flexibility index (Phi) is 3.39. The quantitative estimate of drug-likeness (QED) is 0.819. The molecule has 0 heterocycles. The van der Waals surface area contributed by atoms with Crippen LogP contribution in [0.5, 0.6) is 5.75 Å². The molecule has 0 spiro atoms. The Hall–Kier alpha value is -1.58. The summed E-state index contributed by atoms with van der Waals surface area (Å²) in [6, 6.07) is 11.9. The Morgan fingerprint density at radius 3 is 2.50 bits per heavy atom. The van der Waals surface area contributed by atoms with Gasteiger partial charge in [-0.1, -0.05) is 30.3 Å². The van der Waals surface area contributed by atoms with E-state index in [1.807, 2.05) is 36.4 Å². The van der Waals surface area contributed by atoms with E-state index in [0.29, 0.717) is 13.2 Å². The van der Waals surface area contributed by atoms with E-state index in [1.54, 1.807) is 0 Å². The Balaban J connectivity index is 2.51. The van der Waals surface area contributed by atoms with Crippen molar-refractivity contribution in [2.24, 2.45) is 5.73 Å². The molecule has 3 N–H and O–H groups in total. The molecule has 3 heteroatoms. The molecule has 0 aliphatic rings. The largest absolute Gasteiger partial charge is 0.491 e. The lowest BCUT2D eigenvalue weighted by Crippen LogP contribution is -2.03. The van der Waals surface area contributed by atoms with E-state index in [0.717, 1.165) is 22.1 Å². The van der Waals surface area contributed by atoms with Crippen LogP contribution >= 0.6 is 0 Å². The molecular weight excluding hydrogens is 202 g/mol. The number of rotatable bonds is 4. The van der Waals surface area contributed by atoms with Gasteiger partial charge in [-0.15, -0.1) is 0 Å². The molecule has 0 atom stereocenters. The zero-order valence-corrected chi connectivity index (χ0v) is 9.02. The van der Waals surface area contributed by atoms with Crippen molar-refractivity contribution < 1.29 is 9.84 Å². The first-order valence-corrected chi connectivity index (χ1v) is 5.31. The fraction of sp³-hybridized carbons (Fsp3) is 0.231. The van der Waals surface area contributed by atoms with E-state index in [2.05, 4.69) is 0 Å². The summed E-state index contributed by atoms with van der Waals surface area (Å²) in [7, 11) is 0. The first-order chi connectivity index (χ1) is 7.86. The molecule has 0 saturated carbocycles. The maximum Gasteiger partial charge on any atom is 0.127 e. The zero-order valence-electron chi connectivity index (χ0n) is 9.02. The predicted octanol–water partition coefficient (Wildman–Crippen LogP) is 1.67. The molecular formula is C13H15NO2. The highest BCUT2D eigenvalue weighted by Gasteiger charge is 2.04. The third-order valence-electron chi connectivity index (χ3n) is 2.54. The van der Waals surface area contributed by atoms with Crippen LogP contribution in [0, 0.1) is 0 Å². The number of ether oxygens (including phenoxy) is 1. The molecule has 0 unspecified atom stereocenters. The predicted molar refractivity (Wildman–Crippen MR) is 64.4 cm³/mol. The van der Waals surface area contributed by atoms with Gasteiger partial charge in [-0.2, -0.15) is 0 Å². The minimum absolute atomic E-state index is 0.0208. The van der Waals surface area contributed by atoms with Gasteiger partial charge >= 0.3 is 0 Å². The van der Waals surface area contributed by atoms with E-state index >= 15 is 0 Å². The average Bonchev–Trinajstić information content (AvgIpc) is 2.36. The second-order valence-corrected chi connectivity index (χ2v) is 3.54. The van der Waals surface area contributed by atoms with Crippen LogP contribution in [0.2, 0.25) is 0 Å².